The Hall–Kier alpha value is -2.85. The summed E-state index contributed by atoms with van der Waals surface area (Å²) in [5.41, 5.74) is 6.53. The zero-order valence-electron chi connectivity index (χ0n) is 16.5. The molecule has 2 aromatic rings. The molecule has 2 aliphatic carbocycles. The monoisotopic (exact) mass is 448 g/mol. The highest BCUT2D eigenvalue weighted by Gasteiger charge is 2.54. The van der Waals surface area contributed by atoms with E-state index in [9.17, 15) is 19.3 Å². The maximum Gasteiger partial charge on any atom is 0.269 e. The Morgan fingerprint density at radius 1 is 1.39 bits per heavy atom. The van der Waals surface area contributed by atoms with Gasteiger partial charge in [-0.1, -0.05) is 12.1 Å². The van der Waals surface area contributed by atoms with Gasteiger partial charge in [-0.05, 0) is 54.3 Å². The molecule has 31 heavy (non-hydrogen) atoms. The second-order valence-corrected chi connectivity index (χ2v) is 8.49. The van der Waals surface area contributed by atoms with E-state index >= 15 is 0 Å². The minimum absolute atomic E-state index is 0.0351. The van der Waals surface area contributed by atoms with E-state index in [0.717, 1.165) is 24.6 Å². The van der Waals surface area contributed by atoms with Gasteiger partial charge in [0, 0.05) is 24.7 Å². The van der Waals surface area contributed by atoms with Crippen LogP contribution in [0.15, 0.2) is 30.5 Å². The van der Waals surface area contributed by atoms with Gasteiger partial charge in [0.05, 0.1) is 17.0 Å². The van der Waals surface area contributed by atoms with Crippen molar-refractivity contribution in [1.82, 2.24) is 15.3 Å². The number of nitrogens with one attached hydrogen (secondary N) is 2. The third kappa shape index (κ3) is 4.45. The van der Waals surface area contributed by atoms with Gasteiger partial charge in [0.15, 0.2) is 11.6 Å². The summed E-state index contributed by atoms with van der Waals surface area (Å²) in [6, 6.07) is 6.14. The van der Waals surface area contributed by atoms with Crippen LogP contribution in [-0.4, -0.2) is 33.4 Å². The van der Waals surface area contributed by atoms with Crippen molar-refractivity contribution in [2.45, 2.75) is 25.4 Å². The molecule has 2 bridgehead atoms. The van der Waals surface area contributed by atoms with Gasteiger partial charge in [-0.25, -0.2) is 9.37 Å². The summed E-state index contributed by atoms with van der Waals surface area (Å²) in [5, 5.41) is 17.3. The molecular weight excluding hydrogens is 427 g/mol. The minimum atomic E-state index is -0.643. The predicted molar refractivity (Wildman–Crippen MR) is 112 cm³/mol. The predicted octanol–water partition coefficient (Wildman–Crippen LogP) is 2.51. The van der Waals surface area contributed by atoms with Crippen LogP contribution in [0.2, 0.25) is 5.28 Å². The van der Waals surface area contributed by atoms with Crippen LogP contribution in [-0.2, 0) is 11.3 Å². The van der Waals surface area contributed by atoms with Gasteiger partial charge in [0.25, 0.3) is 5.69 Å². The third-order valence-electron chi connectivity index (χ3n) is 6.35. The molecule has 0 aliphatic heterocycles. The lowest BCUT2D eigenvalue weighted by atomic mass is 9.77. The van der Waals surface area contributed by atoms with Gasteiger partial charge < -0.3 is 16.4 Å². The van der Waals surface area contributed by atoms with Crippen LogP contribution in [0.5, 0.6) is 0 Å². The molecule has 1 amide bonds. The molecule has 1 heterocycles. The highest BCUT2D eigenvalue weighted by Crippen LogP contribution is 2.52. The quantitative estimate of drug-likeness (QED) is 0.320. The average Bonchev–Trinajstić information content (AvgIpc) is 3.29. The van der Waals surface area contributed by atoms with Gasteiger partial charge in [-0.2, -0.15) is 4.98 Å². The molecule has 4 rings (SSSR count). The Bertz CT molecular complexity index is 1010. The first-order chi connectivity index (χ1) is 14.8. The second-order valence-electron chi connectivity index (χ2n) is 8.15. The van der Waals surface area contributed by atoms with Gasteiger partial charge in [-0.3, -0.25) is 14.9 Å². The molecule has 2 saturated carbocycles. The lowest BCUT2D eigenvalue weighted by Gasteiger charge is -2.35. The number of nitro groups is 1. The van der Waals surface area contributed by atoms with E-state index in [1.165, 1.54) is 6.07 Å². The number of carbonyl (C=O) groups is 1. The second kappa shape index (κ2) is 8.72. The Labute approximate surface area is 182 Å². The molecular formula is C20H22ClFN6O3. The highest BCUT2D eigenvalue weighted by atomic mass is 35.5. The number of amides is 1. The smallest absolute Gasteiger partial charge is 0.269 e. The number of primary amides is 1. The number of halogens is 2. The number of hydrogen-bond donors (Lipinski definition) is 3. The van der Waals surface area contributed by atoms with Crippen LogP contribution in [0.25, 0.3) is 0 Å². The van der Waals surface area contributed by atoms with Gasteiger partial charge >= 0.3 is 0 Å². The van der Waals surface area contributed by atoms with Crippen molar-refractivity contribution in [1.29, 1.82) is 0 Å². The first-order valence-corrected chi connectivity index (χ1v) is 10.4. The molecule has 2 fully saturated rings. The molecule has 1 aromatic carbocycles. The normalized spacial score (nSPS) is 26.7. The van der Waals surface area contributed by atoms with Crippen molar-refractivity contribution in [2.75, 3.05) is 11.9 Å². The molecule has 164 valence electrons. The van der Waals surface area contributed by atoms with E-state index in [0.29, 0.717) is 13.1 Å². The van der Waals surface area contributed by atoms with Gasteiger partial charge in [0.2, 0.25) is 11.2 Å². The Morgan fingerprint density at radius 3 is 2.94 bits per heavy atom. The Kier molecular flexibility index (Phi) is 6.01. The number of nitro benzene ring substituents is 1. The van der Waals surface area contributed by atoms with Crippen molar-refractivity contribution < 1.29 is 14.1 Å². The van der Waals surface area contributed by atoms with Gasteiger partial charge in [0.1, 0.15) is 0 Å². The molecule has 1 unspecified atom stereocenters. The Morgan fingerprint density at radius 2 is 2.19 bits per heavy atom. The molecule has 2 aliphatic rings. The van der Waals surface area contributed by atoms with Gasteiger partial charge in [-0.15, -0.1) is 0 Å². The van der Waals surface area contributed by atoms with Crippen LogP contribution in [0.3, 0.4) is 0 Å². The average molecular weight is 449 g/mol. The lowest BCUT2D eigenvalue weighted by molar-refractivity contribution is -0.384. The number of nitrogens with two attached hydrogens (primary N) is 1. The van der Waals surface area contributed by atoms with Crippen molar-refractivity contribution in [3.63, 3.8) is 0 Å². The zero-order chi connectivity index (χ0) is 22.1. The zero-order valence-corrected chi connectivity index (χ0v) is 17.3. The lowest BCUT2D eigenvalue weighted by Crippen LogP contribution is -2.47. The number of non-ortho nitro benzene ring substituents is 1. The summed E-state index contributed by atoms with van der Waals surface area (Å²) in [5.74, 6) is -1.03. The number of nitrogens with zero attached hydrogens (tertiary/aromatic N) is 3. The van der Waals surface area contributed by atoms with E-state index < -0.39 is 22.6 Å². The SMILES string of the molecule is NC(=O)[C@H]1[C@@H]2CC(CNCc3cccc([N+](=O)[O-])c3)[C@@H](C2)[C@H]1Nc1nc(Cl)ncc1F. The van der Waals surface area contributed by atoms with Crippen molar-refractivity contribution in [2.24, 2.45) is 29.4 Å². The maximum atomic E-state index is 14.1. The Balaban J connectivity index is 1.43. The molecule has 0 radical (unpaired) electrons. The molecule has 0 saturated heterocycles. The fraction of sp³-hybridized carbons (Fsp3) is 0.450. The van der Waals surface area contributed by atoms with Crippen molar-refractivity contribution >= 4 is 29.0 Å². The number of hydrogen-bond acceptors (Lipinski definition) is 7. The fourth-order valence-electron chi connectivity index (χ4n) is 5.12. The van der Waals surface area contributed by atoms with E-state index in [-0.39, 0.29) is 40.6 Å². The van der Waals surface area contributed by atoms with E-state index in [1.54, 1.807) is 12.1 Å². The number of fused-ring (bicyclic) bond motifs is 2. The molecule has 0 spiro atoms. The number of rotatable bonds is 8. The molecule has 9 nitrogen and oxygen atoms in total. The summed E-state index contributed by atoms with van der Waals surface area (Å²) in [7, 11) is 0. The van der Waals surface area contributed by atoms with E-state index in [2.05, 4.69) is 20.6 Å². The summed E-state index contributed by atoms with van der Waals surface area (Å²) in [4.78, 5) is 30.1. The summed E-state index contributed by atoms with van der Waals surface area (Å²) in [6.07, 6.45) is 2.64. The molecule has 1 aromatic heterocycles. The molecule has 4 N–H and O–H groups in total. The maximum absolute atomic E-state index is 14.1. The third-order valence-corrected chi connectivity index (χ3v) is 6.53. The standard InChI is InChI=1S/C20H22ClFN6O3/c21-20-25-9-15(22)19(27-20)26-17-14-6-11(16(17)18(23)29)5-12(14)8-24-7-10-2-1-3-13(4-10)28(30)31/h1-4,9,11-12,14,16-17,24H,5-8H2,(H2,23,29)(H,25,26,27)/t11-,12?,14-,16+,17-/m1/s1. The number of anilines is 1. The van der Waals surface area contributed by atoms with Crippen molar-refractivity contribution in [3.05, 3.63) is 57.2 Å². The number of carbonyl (C=O) groups excluding carboxylic acids is 1. The van der Waals surface area contributed by atoms with Crippen molar-refractivity contribution in [3.8, 4) is 0 Å². The molecule has 11 heteroatoms. The highest BCUT2D eigenvalue weighted by molar-refractivity contribution is 6.28. The fourth-order valence-corrected chi connectivity index (χ4v) is 5.26. The van der Waals surface area contributed by atoms with E-state index in [1.807, 2.05) is 6.07 Å². The summed E-state index contributed by atoms with van der Waals surface area (Å²) >= 11 is 5.79. The minimum Gasteiger partial charge on any atom is -0.369 e. The van der Waals surface area contributed by atoms with Crippen LogP contribution < -0.4 is 16.4 Å². The summed E-state index contributed by atoms with van der Waals surface area (Å²) in [6.45, 7) is 1.16. The van der Waals surface area contributed by atoms with E-state index in [4.69, 9.17) is 17.3 Å². The van der Waals surface area contributed by atoms with Crippen LogP contribution in [0.1, 0.15) is 18.4 Å². The van der Waals surface area contributed by atoms with Crippen LogP contribution >= 0.6 is 11.6 Å². The molecule has 5 atom stereocenters. The number of aromatic nitrogens is 2. The van der Waals surface area contributed by atoms with Crippen LogP contribution in [0.4, 0.5) is 15.9 Å². The van der Waals surface area contributed by atoms with Crippen LogP contribution in [0, 0.1) is 39.6 Å². The summed E-state index contributed by atoms with van der Waals surface area (Å²) < 4.78 is 14.1. The first-order valence-electron chi connectivity index (χ1n) is 10.0. The largest absolute Gasteiger partial charge is 0.369 e. The topological polar surface area (TPSA) is 136 Å². The first kappa shape index (κ1) is 21.4. The number of benzene rings is 1.